The molecule has 0 radical (unpaired) electrons. The number of nitrogens with zero attached hydrogens (tertiary/aromatic N) is 1. The summed E-state index contributed by atoms with van der Waals surface area (Å²) in [6.07, 6.45) is 2.48. The Balaban J connectivity index is 1.27. The number of quaternary nitrogens is 2. The first kappa shape index (κ1) is 20.5. The zero-order valence-corrected chi connectivity index (χ0v) is 18.1. The van der Waals surface area contributed by atoms with Crippen LogP contribution in [0.4, 0.5) is 0 Å². The topological polar surface area (TPSA) is 46.3 Å². The third kappa shape index (κ3) is 4.89. The van der Waals surface area contributed by atoms with E-state index in [0.29, 0.717) is 24.0 Å². The fourth-order valence-electron chi connectivity index (χ4n) is 4.78. The van der Waals surface area contributed by atoms with E-state index in [1.54, 1.807) is 26.2 Å². The Morgan fingerprint density at radius 3 is 2.14 bits per heavy atom. The summed E-state index contributed by atoms with van der Waals surface area (Å²) in [6, 6.07) is 18.7. The van der Waals surface area contributed by atoms with Crippen LogP contribution < -0.4 is 9.80 Å². The molecule has 0 saturated carbocycles. The average Bonchev–Trinajstić information content (AvgIpc) is 2.75. The maximum absolute atomic E-state index is 12.9. The van der Waals surface area contributed by atoms with Crippen LogP contribution in [0.25, 0.3) is 0 Å². The molecule has 5 nitrogen and oxygen atoms in total. The van der Waals surface area contributed by atoms with E-state index in [0.717, 1.165) is 25.2 Å². The first-order valence-corrected chi connectivity index (χ1v) is 12.3. The summed E-state index contributed by atoms with van der Waals surface area (Å²) < 4.78 is 27.5. The van der Waals surface area contributed by atoms with Crippen molar-refractivity contribution in [1.29, 1.82) is 0 Å². The van der Waals surface area contributed by atoms with Crippen molar-refractivity contribution in [2.24, 2.45) is 0 Å². The normalized spacial score (nSPS) is 24.4. The van der Waals surface area contributed by atoms with Crippen LogP contribution >= 0.6 is 0 Å². The summed E-state index contributed by atoms with van der Waals surface area (Å²) in [5.41, 5.74) is 2.50. The zero-order chi connectivity index (χ0) is 20.3. The Morgan fingerprint density at radius 1 is 0.897 bits per heavy atom. The van der Waals surface area contributed by atoms with Crippen molar-refractivity contribution in [1.82, 2.24) is 4.31 Å². The van der Waals surface area contributed by atoms with E-state index in [2.05, 4.69) is 30.3 Å². The molecule has 2 aliphatic heterocycles. The van der Waals surface area contributed by atoms with Gasteiger partial charge in [0.2, 0.25) is 10.0 Å². The van der Waals surface area contributed by atoms with E-state index >= 15 is 0 Å². The summed E-state index contributed by atoms with van der Waals surface area (Å²) in [6.45, 7) is 8.62. The van der Waals surface area contributed by atoms with E-state index < -0.39 is 10.0 Å². The number of benzene rings is 2. The number of hydrogen-bond donors (Lipinski definition) is 2. The van der Waals surface area contributed by atoms with Gasteiger partial charge in [0.15, 0.2) is 0 Å². The smallest absolute Gasteiger partial charge is 0.243 e. The van der Waals surface area contributed by atoms with Crippen molar-refractivity contribution >= 4 is 10.0 Å². The number of likely N-dealkylation sites (tertiary alicyclic amines) is 1. The van der Waals surface area contributed by atoms with Gasteiger partial charge in [0.25, 0.3) is 0 Å². The number of sulfonamides is 1. The van der Waals surface area contributed by atoms with Crippen LogP contribution in [0.5, 0.6) is 0 Å². The molecule has 2 heterocycles. The van der Waals surface area contributed by atoms with Crippen molar-refractivity contribution < 1.29 is 18.2 Å². The molecule has 0 amide bonds. The Hall–Kier alpha value is -1.73. The summed E-state index contributed by atoms with van der Waals surface area (Å²) in [5, 5.41) is 0. The molecule has 2 aromatic rings. The zero-order valence-electron chi connectivity index (χ0n) is 17.3. The van der Waals surface area contributed by atoms with Crippen LogP contribution in [-0.4, -0.2) is 58.0 Å². The van der Waals surface area contributed by atoms with E-state index in [4.69, 9.17) is 0 Å². The second-order valence-electron chi connectivity index (χ2n) is 8.56. The van der Waals surface area contributed by atoms with Gasteiger partial charge >= 0.3 is 0 Å². The standard InChI is InChI=1S/C23H31N3O2S/c1-20-7-9-23(10-8-20)29(27,28)26-17-15-25(16-18-26)22-11-13-24(14-12-22)19-21-5-3-2-4-6-21/h2-10,22H,11-19H2,1H3/p+2. The molecule has 2 aromatic carbocycles. The molecule has 2 fully saturated rings. The summed E-state index contributed by atoms with van der Waals surface area (Å²) in [4.78, 5) is 3.69. The summed E-state index contributed by atoms with van der Waals surface area (Å²) >= 11 is 0. The van der Waals surface area contributed by atoms with Gasteiger partial charge in [-0.1, -0.05) is 48.0 Å². The molecule has 2 saturated heterocycles. The number of aryl methyl sites for hydroxylation is 1. The Morgan fingerprint density at radius 2 is 1.52 bits per heavy atom. The molecule has 2 aliphatic rings. The second kappa shape index (κ2) is 8.96. The van der Waals surface area contributed by atoms with E-state index in [-0.39, 0.29) is 0 Å². The monoisotopic (exact) mass is 415 g/mol. The third-order valence-corrected chi connectivity index (χ3v) is 8.50. The maximum atomic E-state index is 12.9. The molecule has 0 aromatic heterocycles. The first-order valence-electron chi connectivity index (χ1n) is 10.8. The van der Waals surface area contributed by atoms with Gasteiger partial charge in [-0.15, -0.1) is 0 Å². The number of piperidine rings is 1. The van der Waals surface area contributed by atoms with Crippen molar-refractivity contribution in [2.75, 3.05) is 39.3 Å². The highest BCUT2D eigenvalue weighted by atomic mass is 32.2. The number of piperazine rings is 1. The average molecular weight is 416 g/mol. The van der Waals surface area contributed by atoms with Crippen molar-refractivity contribution in [2.45, 2.75) is 37.2 Å². The molecule has 0 aliphatic carbocycles. The molecular formula is C23H33N3O2S+2. The van der Waals surface area contributed by atoms with Gasteiger partial charge < -0.3 is 9.80 Å². The lowest BCUT2D eigenvalue weighted by Gasteiger charge is -2.38. The number of rotatable bonds is 5. The predicted molar refractivity (Wildman–Crippen MR) is 114 cm³/mol. The van der Waals surface area contributed by atoms with Gasteiger partial charge in [-0.25, -0.2) is 8.42 Å². The van der Waals surface area contributed by atoms with Gasteiger partial charge in [-0.05, 0) is 19.1 Å². The third-order valence-electron chi connectivity index (χ3n) is 6.59. The maximum Gasteiger partial charge on any atom is 0.243 e. The summed E-state index contributed by atoms with van der Waals surface area (Å²) in [5.74, 6) is 0. The van der Waals surface area contributed by atoms with E-state index in [1.807, 2.05) is 19.1 Å². The molecule has 0 bridgehead atoms. The number of hydrogen-bond acceptors (Lipinski definition) is 2. The van der Waals surface area contributed by atoms with Gasteiger partial charge in [-0.2, -0.15) is 4.31 Å². The Bertz CT molecular complexity index is 883. The van der Waals surface area contributed by atoms with Crippen LogP contribution in [0.3, 0.4) is 0 Å². The van der Waals surface area contributed by atoms with Crippen LogP contribution in [0.2, 0.25) is 0 Å². The molecule has 156 valence electrons. The highest BCUT2D eigenvalue weighted by molar-refractivity contribution is 7.89. The van der Waals surface area contributed by atoms with Crippen molar-refractivity contribution in [3.8, 4) is 0 Å². The molecular weight excluding hydrogens is 382 g/mol. The lowest BCUT2D eigenvalue weighted by Crippen LogP contribution is -3.21. The minimum Gasteiger partial charge on any atom is -0.331 e. The lowest BCUT2D eigenvalue weighted by molar-refractivity contribution is -0.965. The van der Waals surface area contributed by atoms with Gasteiger partial charge in [-0.3, -0.25) is 0 Å². The first-order chi connectivity index (χ1) is 14.0. The van der Waals surface area contributed by atoms with E-state index in [9.17, 15) is 8.42 Å². The van der Waals surface area contributed by atoms with Crippen LogP contribution in [0, 0.1) is 6.92 Å². The van der Waals surface area contributed by atoms with E-state index in [1.165, 1.54) is 31.5 Å². The quantitative estimate of drug-likeness (QED) is 0.729. The molecule has 0 atom stereocenters. The van der Waals surface area contributed by atoms with Crippen molar-refractivity contribution in [3.05, 3.63) is 65.7 Å². The van der Waals surface area contributed by atoms with Crippen molar-refractivity contribution in [3.63, 3.8) is 0 Å². The largest absolute Gasteiger partial charge is 0.331 e. The second-order valence-corrected chi connectivity index (χ2v) is 10.5. The van der Waals surface area contributed by atoms with Crippen LogP contribution in [-0.2, 0) is 16.6 Å². The minimum atomic E-state index is -3.36. The fraction of sp³-hybridized carbons (Fsp3) is 0.478. The van der Waals surface area contributed by atoms with Crippen LogP contribution in [0.15, 0.2) is 59.5 Å². The minimum absolute atomic E-state index is 0.421. The Kier molecular flexibility index (Phi) is 6.35. The summed E-state index contributed by atoms with van der Waals surface area (Å²) in [7, 11) is -3.36. The lowest BCUT2D eigenvalue weighted by atomic mass is 10.0. The van der Waals surface area contributed by atoms with Gasteiger partial charge in [0.1, 0.15) is 6.54 Å². The van der Waals surface area contributed by atoms with Gasteiger partial charge in [0, 0.05) is 18.4 Å². The van der Waals surface area contributed by atoms with Gasteiger partial charge in [0.05, 0.1) is 50.2 Å². The highest BCUT2D eigenvalue weighted by Gasteiger charge is 2.35. The molecule has 2 N–H and O–H groups in total. The highest BCUT2D eigenvalue weighted by Crippen LogP contribution is 2.16. The molecule has 6 heteroatoms. The SMILES string of the molecule is Cc1ccc(S(=O)(=O)N2CC[NH+](C3CC[NH+](Cc4ccccc4)CC3)CC2)cc1. The number of nitrogens with one attached hydrogen (secondary N) is 2. The Labute approximate surface area is 175 Å². The molecule has 0 unspecified atom stereocenters. The fourth-order valence-corrected chi connectivity index (χ4v) is 6.22. The van der Waals surface area contributed by atoms with Crippen LogP contribution in [0.1, 0.15) is 24.0 Å². The molecule has 4 rings (SSSR count). The molecule has 0 spiro atoms. The predicted octanol–water partition coefficient (Wildman–Crippen LogP) is 0.132. The molecule has 29 heavy (non-hydrogen) atoms.